The molecule has 0 spiro atoms. The van der Waals surface area contributed by atoms with Gasteiger partial charge in [-0.2, -0.15) is 4.58 Å². The van der Waals surface area contributed by atoms with Gasteiger partial charge in [0.1, 0.15) is 6.54 Å². The van der Waals surface area contributed by atoms with E-state index in [2.05, 4.69) is 142 Å². The van der Waals surface area contributed by atoms with Crippen molar-refractivity contribution < 1.29 is 33.5 Å². The van der Waals surface area contributed by atoms with Crippen LogP contribution >= 0.6 is 11.8 Å². The third-order valence-electron chi connectivity index (χ3n) is 9.32. The molecule has 3 aromatic carbocycles. The average molecular weight is 711 g/mol. The molecule has 3 aliphatic rings. The molecular formula is C42H47ClN2O4S. The Balaban J connectivity index is 0.000000908. The summed E-state index contributed by atoms with van der Waals surface area (Å²) in [5.74, 6) is 0.665. The van der Waals surface area contributed by atoms with Gasteiger partial charge in [-0.3, -0.25) is 0 Å². The summed E-state index contributed by atoms with van der Waals surface area (Å²) in [5.41, 5.74) is 9.52. The van der Waals surface area contributed by atoms with Crippen LogP contribution < -0.4 is 29.2 Å². The Hall–Kier alpha value is -3.56. The van der Waals surface area contributed by atoms with E-state index < -0.39 is 10.2 Å². The summed E-state index contributed by atoms with van der Waals surface area (Å²) in [6, 6.07) is 28.5. The molecule has 262 valence electrons. The highest BCUT2D eigenvalue weighted by Gasteiger charge is 2.43. The van der Waals surface area contributed by atoms with Crippen molar-refractivity contribution in [3.05, 3.63) is 141 Å². The Kier molecular flexibility index (Phi) is 12.5. The Morgan fingerprint density at radius 2 is 1.56 bits per heavy atom. The molecule has 1 aliphatic carbocycles. The predicted octanol–water partition coefficient (Wildman–Crippen LogP) is 5.23. The zero-order chi connectivity index (χ0) is 35.9. The van der Waals surface area contributed by atoms with Gasteiger partial charge in [0.2, 0.25) is 5.69 Å². The predicted molar refractivity (Wildman–Crippen MR) is 193 cm³/mol. The molecule has 0 fully saturated rings. The zero-order valence-corrected chi connectivity index (χ0v) is 31.2. The van der Waals surface area contributed by atoms with Gasteiger partial charge in [-0.1, -0.05) is 99.3 Å². The average Bonchev–Trinajstić information content (AvgIpc) is 3.53. The van der Waals surface area contributed by atoms with Crippen LogP contribution in [-0.4, -0.2) is 16.8 Å². The fourth-order valence-corrected chi connectivity index (χ4v) is 8.05. The summed E-state index contributed by atoms with van der Waals surface area (Å²) >= 11 is 1.92. The Morgan fingerprint density at radius 3 is 2.28 bits per heavy atom. The van der Waals surface area contributed by atoms with Gasteiger partial charge in [0.15, 0.2) is 5.71 Å². The second-order valence-electron chi connectivity index (χ2n) is 13.8. The lowest BCUT2D eigenvalue weighted by Gasteiger charge is -2.22. The molecule has 50 heavy (non-hydrogen) atoms. The van der Waals surface area contributed by atoms with Crippen LogP contribution in [-0.2, 0) is 5.41 Å². The highest BCUT2D eigenvalue weighted by atomic mass is 35.7. The lowest BCUT2D eigenvalue weighted by Crippen LogP contribution is -2.68. The molecule has 0 saturated heterocycles. The van der Waals surface area contributed by atoms with E-state index >= 15 is 0 Å². The van der Waals surface area contributed by atoms with Crippen LogP contribution in [0.15, 0.2) is 135 Å². The van der Waals surface area contributed by atoms with Crippen LogP contribution in [0.2, 0.25) is 0 Å². The normalized spacial score (nSPS) is 18.6. The van der Waals surface area contributed by atoms with Crippen LogP contribution in [0.1, 0.15) is 78.7 Å². The van der Waals surface area contributed by atoms with Crippen LogP contribution in [0.5, 0.6) is 0 Å². The first-order chi connectivity index (χ1) is 23.9. The lowest BCUT2D eigenvalue weighted by molar-refractivity contribution is -2.00. The number of nitrogens with zero attached hydrogens (tertiary/aromatic N) is 2. The minimum Gasteiger partial charge on any atom is -0.248 e. The minimum atomic E-state index is -4.94. The Morgan fingerprint density at radius 1 is 0.880 bits per heavy atom. The zero-order valence-electron chi connectivity index (χ0n) is 29.7. The largest absolute Gasteiger partial charge is 0.248 e. The second kappa shape index (κ2) is 16.6. The van der Waals surface area contributed by atoms with Crippen molar-refractivity contribution in [2.45, 2.75) is 83.5 Å². The first-order valence-corrected chi connectivity index (χ1v) is 19.5. The Labute approximate surface area is 303 Å². The molecule has 0 radical (unpaired) electrons. The molecule has 8 heteroatoms. The maximum absolute atomic E-state index is 8.49. The van der Waals surface area contributed by atoms with Crippen molar-refractivity contribution in [3.63, 3.8) is 0 Å². The summed E-state index contributed by atoms with van der Waals surface area (Å²) in [7, 11) is -4.94. The third-order valence-corrected chi connectivity index (χ3v) is 10.6. The standard InChI is InChI=1S/C42H47N2S.ClHO4/c1-6-29-44-39-22-13-11-20-36(39)42(4,5)40(44)28-25-32-16-14-15-31(41(32)45-33-17-8-7-9-18-33)24-27-38-35(26-23-30(2)3)34-19-10-12-21-37(34)43-38;2-1(3,4)5/h7-13,17-22,24-25,27-28,30H,6,14-16,23,26,29H2,1-5H3;(H,2,3,4,5)/q+1;/p-1. The molecule has 2 aliphatic heterocycles. The van der Waals surface area contributed by atoms with E-state index in [0.29, 0.717) is 5.92 Å². The lowest BCUT2D eigenvalue weighted by atomic mass is 9.81. The van der Waals surface area contributed by atoms with Crippen molar-refractivity contribution >= 4 is 28.7 Å². The van der Waals surface area contributed by atoms with Crippen molar-refractivity contribution in [1.29, 1.82) is 0 Å². The van der Waals surface area contributed by atoms with Crippen molar-refractivity contribution in [3.8, 4) is 0 Å². The van der Waals surface area contributed by atoms with Crippen LogP contribution in [0.4, 0.5) is 5.69 Å². The number of thioether (sulfide) groups is 1. The number of allylic oxidation sites excluding steroid dienone is 7. The number of benzene rings is 3. The molecular weight excluding hydrogens is 664 g/mol. The van der Waals surface area contributed by atoms with Gasteiger partial charge in [0.05, 0.1) is 16.5 Å². The van der Waals surface area contributed by atoms with Gasteiger partial charge in [-0.05, 0) is 92.9 Å². The SMILES string of the molecule is CCC[N+]1=C(C=CC2=C(Sc3ccccc3)C(=CC=C3N=c4ccccc4=C3CCC(C)C)CCC2)C(C)(C)c2ccccc21.[O-][Cl+3]([O-])([O-])[O-]. The van der Waals surface area contributed by atoms with E-state index in [9.17, 15) is 0 Å². The van der Waals surface area contributed by atoms with Gasteiger partial charge in [0.25, 0.3) is 0 Å². The van der Waals surface area contributed by atoms with E-state index in [1.54, 1.807) is 0 Å². The fraction of sp³-hybridized carbons (Fsp3) is 0.333. The number of rotatable bonds is 10. The summed E-state index contributed by atoms with van der Waals surface area (Å²) in [6.07, 6.45) is 16.2. The van der Waals surface area contributed by atoms with Gasteiger partial charge in [-0.15, -0.1) is 10.2 Å². The second-order valence-corrected chi connectivity index (χ2v) is 15.6. The smallest absolute Gasteiger partial charge is 0.209 e. The van der Waals surface area contributed by atoms with E-state index in [1.807, 2.05) is 11.8 Å². The van der Waals surface area contributed by atoms with Gasteiger partial charge < -0.3 is 0 Å². The number of fused-ring (bicyclic) bond motifs is 2. The molecule has 0 atom stereocenters. The summed E-state index contributed by atoms with van der Waals surface area (Å²) < 4.78 is 36.5. The molecule has 6 nitrogen and oxygen atoms in total. The molecule has 0 bridgehead atoms. The van der Waals surface area contributed by atoms with E-state index in [0.717, 1.165) is 49.7 Å². The monoisotopic (exact) mass is 710 g/mol. The molecule has 6 rings (SSSR count). The quantitative estimate of drug-likeness (QED) is 0.268. The maximum atomic E-state index is 8.49. The van der Waals surface area contributed by atoms with Crippen LogP contribution in [0.25, 0.3) is 5.57 Å². The minimum absolute atomic E-state index is 0.0332. The number of hydrogen-bond donors (Lipinski definition) is 0. The highest BCUT2D eigenvalue weighted by Crippen LogP contribution is 2.43. The topological polar surface area (TPSA) is 108 Å². The summed E-state index contributed by atoms with van der Waals surface area (Å²) in [4.78, 5) is 7.79. The van der Waals surface area contributed by atoms with Crippen LogP contribution in [0, 0.1) is 16.2 Å². The van der Waals surface area contributed by atoms with Crippen molar-refractivity contribution in [2.75, 3.05) is 6.54 Å². The first-order valence-electron chi connectivity index (χ1n) is 17.5. The molecule has 2 heterocycles. The van der Waals surface area contributed by atoms with E-state index in [1.165, 1.54) is 55.1 Å². The fourth-order valence-electron chi connectivity index (χ4n) is 6.92. The third kappa shape index (κ3) is 9.40. The van der Waals surface area contributed by atoms with Crippen LogP contribution in [0.3, 0.4) is 0 Å². The van der Waals surface area contributed by atoms with Crippen molar-refractivity contribution in [2.24, 2.45) is 10.9 Å². The van der Waals surface area contributed by atoms with E-state index in [4.69, 9.17) is 23.6 Å². The summed E-state index contributed by atoms with van der Waals surface area (Å²) in [5, 5.41) is 2.41. The van der Waals surface area contributed by atoms with E-state index in [-0.39, 0.29) is 5.41 Å². The van der Waals surface area contributed by atoms with Gasteiger partial charge in [0, 0.05) is 39.1 Å². The Bertz CT molecular complexity index is 1960. The van der Waals surface area contributed by atoms with Gasteiger partial charge >= 0.3 is 0 Å². The van der Waals surface area contributed by atoms with Crippen molar-refractivity contribution in [1.82, 2.24) is 0 Å². The molecule has 0 N–H and O–H groups in total. The van der Waals surface area contributed by atoms with Gasteiger partial charge in [-0.25, -0.2) is 23.6 Å². The first kappa shape index (κ1) is 37.7. The highest BCUT2D eigenvalue weighted by molar-refractivity contribution is 8.03. The number of hydrogen-bond acceptors (Lipinski definition) is 6. The number of para-hydroxylation sites is 2. The molecule has 0 unspecified atom stereocenters. The molecule has 0 amide bonds. The molecule has 0 saturated carbocycles. The number of halogens is 1. The maximum Gasteiger partial charge on any atom is 0.209 e. The summed E-state index contributed by atoms with van der Waals surface area (Å²) in [6.45, 7) is 12.7. The molecule has 0 aromatic heterocycles. The molecule has 3 aromatic rings.